The highest BCUT2D eigenvalue weighted by atomic mass is 19.1. The highest BCUT2D eigenvalue weighted by Crippen LogP contribution is 2.35. The smallest absolute Gasteiger partial charge is 0.336 e. The van der Waals surface area contributed by atoms with Crippen LogP contribution in [0.25, 0.3) is 22.8 Å². The van der Waals surface area contributed by atoms with E-state index in [1.54, 1.807) is 27.7 Å². The molecule has 3 rings (SSSR count). The Hall–Kier alpha value is -3.02. The summed E-state index contributed by atoms with van der Waals surface area (Å²) in [7, 11) is 0. The monoisotopic (exact) mass is 382 g/mol. The zero-order chi connectivity index (χ0) is 20.9. The molecule has 146 valence electrons. The molecule has 0 aliphatic carbocycles. The number of hydrogen-bond acceptors (Lipinski definition) is 4. The zero-order valence-electron chi connectivity index (χ0n) is 17.1. The van der Waals surface area contributed by atoms with Crippen LogP contribution in [0.1, 0.15) is 49.3 Å². The van der Waals surface area contributed by atoms with Gasteiger partial charge in [0.25, 0.3) is 5.89 Å². The Balaban J connectivity index is 2.25. The predicted molar refractivity (Wildman–Crippen MR) is 105 cm³/mol. The van der Waals surface area contributed by atoms with Crippen molar-refractivity contribution >= 4 is 5.97 Å². The molecule has 0 saturated carbocycles. The van der Waals surface area contributed by atoms with E-state index in [-0.39, 0.29) is 28.7 Å². The van der Waals surface area contributed by atoms with Crippen molar-refractivity contribution in [3.63, 3.8) is 0 Å². The number of aromatic carboxylic acids is 1. The topological polar surface area (TPSA) is 76.2 Å². The van der Waals surface area contributed by atoms with E-state index in [9.17, 15) is 14.3 Å². The number of halogens is 1. The fourth-order valence-electron chi connectivity index (χ4n) is 3.73. The van der Waals surface area contributed by atoms with E-state index in [1.165, 1.54) is 0 Å². The summed E-state index contributed by atoms with van der Waals surface area (Å²) >= 11 is 0. The van der Waals surface area contributed by atoms with Crippen LogP contribution < -0.4 is 0 Å². The quantitative estimate of drug-likeness (QED) is 0.656. The first kappa shape index (κ1) is 19.7. The highest BCUT2D eigenvalue weighted by molar-refractivity contribution is 5.94. The number of aryl methyl sites for hydroxylation is 2. The van der Waals surface area contributed by atoms with Gasteiger partial charge in [0, 0.05) is 5.56 Å². The number of rotatable bonds is 3. The molecule has 1 aromatic heterocycles. The van der Waals surface area contributed by atoms with Gasteiger partial charge in [0.15, 0.2) is 0 Å². The van der Waals surface area contributed by atoms with Crippen molar-refractivity contribution in [2.75, 3.05) is 0 Å². The molecule has 3 aromatic rings. The number of benzene rings is 2. The molecule has 0 radical (unpaired) electrons. The summed E-state index contributed by atoms with van der Waals surface area (Å²) in [6.07, 6.45) is 0. The van der Waals surface area contributed by atoms with Crippen molar-refractivity contribution in [1.82, 2.24) is 10.1 Å². The predicted octanol–water partition coefficient (Wildman–Crippen LogP) is 5.40. The van der Waals surface area contributed by atoms with Gasteiger partial charge < -0.3 is 9.63 Å². The SMILES string of the molecule is Cc1cc(C)c(-c2nc(-c3c(C)c(C)c(C)c(C(=O)O)c3C)no2)c(F)c1C. The van der Waals surface area contributed by atoms with Crippen LogP contribution in [0.2, 0.25) is 0 Å². The Morgan fingerprint density at radius 1 is 0.893 bits per heavy atom. The molecule has 6 heteroatoms. The molecule has 1 N–H and O–H groups in total. The van der Waals surface area contributed by atoms with Gasteiger partial charge in [-0.1, -0.05) is 11.2 Å². The van der Waals surface area contributed by atoms with Crippen molar-refractivity contribution < 1.29 is 18.8 Å². The van der Waals surface area contributed by atoms with Crippen molar-refractivity contribution in [3.05, 3.63) is 56.4 Å². The molecular weight excluding hydrogens is 359 g/mol. The van der Waals surface area contributed by atoms with Gasteiger partial charge >= 0.3 is 5.97 Å². The molecule has 0 spiro atoms. The van der Waals surface area contributed by atoms with Gasteiger partial charge in [0.2, 0.25) is 5.82 Å². The number of aromatic nitrogens is 2. The van der Waals surface area contributed by atoms with E-state index in [0.29, 0.717) is 27.8 Å². The van der Waals surface area contributed by atoms with E-state index in [2.05, 4.69) is 10.1 Å². The Morgan fingerprint density at radius 2 is 1.54 bits per heavy atom. The van der Waals surface area contributed by atoms with E-state index in [0.717, 1.165) is 16.7 Å². The van der Waals surface area contributed by atoms with Crippen LogP contribution >= 0.6 is 0 Å². The summed E-state index contributed by atoms with van der Waals surface area (Å²) in [6, 6.07) is 1.88. The third kappa shape index (κ3) is 2.89. The molecule has 0 bridgehead atoms. The molecule has 0 atom stereocenters. The molecule has 0 unspecified atom stereocenters. The Labute approximate surface area is 163 Å². The fourth-order valence-corrected chi connectivity index (χ4v) is 3.73. The normalized spacial score (nSPS) is 11.1. The van der Waals surface area contributed by atoms with Crippen LogP contribution in [0.5, 0.6) is 0 Å². The third-order valence-electron chi connectivity index (χ3n) is 5.67. The molecule has 0 aliphatic rings. The van der Waals surface area contributed by atoms with Crippen LogP contribution in [-0.4, -0.2) is 21.2 Å². The highest BCUT2D eigenvalue weighted by Gasteiger charge is 2.25. The lowest BCUT2D eigenvalue weighted by atomic mass is 9.88. The van der Waals surface area contributed by atoms with Crippen molar-refractivity contribution in [3.8, 4) is 22.8 Å². The lowest BCUT2D eigenvalue weighted by Crippen LogP contribution is -2.09. The minimum absolute atomic E-state index is 0.0852. The summed E-state index contributed by atoms with van der Waals surface area (Å²) in [5, 5.41) is 13.7. The van der Waals surface area contributed by atoms with Gasteiger partial charge in [-0.15, -0.1) is 0 Å². The largest absolute Gasteiger partial charge is 0.478 e. The number of carboxylic acids is 1. The Morgan fingerprint density at radius 3 is 2.14 bits per heavy atom. The first-order valence-electron chi connectivity index (χ1n) is 9.00. The van der Waals surface area contributed by atoms with Gasteiger partial charge in [-0.25, -0.2) is 9.18 Å². The fraction of sp³-hybridized carbons (Fsp3) is 0.318. The standard InChI is InChI=1S/C22H23FN2O3/c1-9-8-10(2)16(19(23)11(9)3)21-24-20(25-28-21)17-13(5)12(4)14(6)18(15(17)7)22(26)27/h8H,1-7H3,(H,26,27). The van der Waals surface area contributed by atoms with Gasteiger partial charge in [0.1, 0.15) is 5.82 Å². The van der Waals surface area contributed by atoms with Crippen LogP contribution in [-0.2, 0) is 0 Å². The minimum atomic E-state index is -1.00. The first-order valence-corrected chi connectivity index (χ1v) is 9.00. The zero-order valence-corrected chi connectivity index (χ0v) is 17.1. The summed E-state index contributed by atoms with van der Waals surface area (Å²) in [5.74, 6) is -1.04. The number of carbonyl (C=O) groups is 1. The molecular formula is C22H23FN2O3. The average molecular weight is 382 g/mol. The van der Waals surface area contributed by atoms with Crippen LogP contribution in [0.4, 0.5) is 4.39 Å². The number of carboxylic acid groups (broad SMARTS) is 1. The summed E-state index contributed by atoms with van der Waals surface area (Å²) in [4.78, 5) is 16.2. The number of hydrogen-bond donors (Lipinski definition) is 1. The molecule has 1 heterocycles. The second-order valence-electron chi connectivity index (χ2n) is 7.30. The van der Waals surface area contributed by atoms with Gasteiger partial charge in [-0.3, -0.25) is 0 Å². The van der Waals surface area contributed by atoms with Crippen LogP contribution in [0.3, 0.4) is 0 Å². The molecule has 0 amide bonds. The van der Waals surface area contributed by atoms with E-state index in [4.69, 9.17) is 4.52 Å². The Kier molecular flexibility index (Phi) is 4.83. The van der Waals surface area contributed by atoms with Crippen molar-refractivity contribution in [2.45, 2.75) is 48.5 Å². The van der Waals surface area contributed by atoms with Gasteiger partial charge in [-0.05, 0) is 87.4 Å². The summed E-state index contributed by atoms with van der Waals surface area (Å²) in [5.41, 5.74) is 6.23. The summed E-state index contributed by atoms with van der Waals surface area (Å²) < 4.78 is 20.3. The van der Waals surface area contributed by atoms with Crippen LogP contribution in [0.15, 0.2) is 10.6 Å². The molecule has 2 aromatic carbocycles. The maximum Gasteiger partial charge on any atom is 0.336 e. The van der Waals surface area contributed by atoms with Gasteiger partial charge in [-0.2, -0.15) is 4.98 Å². The molecule has 0 fully saturated rings. The van der Waals surface area contributed by atoms with E-state index >= 15 is 0 Å². The van der Waals surface area contributed by atoms with E-state index < -0.39 is 5.97 Å². The first-order chi connectivity index (χ1) is 13.1. The molecule has 0 saturated heterocycles. The maximum absolute atomic E-state index is 14.9. The second kappa shape index (κ2) is 6.86. The second-order valence-corrected chi connectivity index (χ2v) is 7.30. The van der Waals surface area contributed by atoms with Crippen molar-refractivity contribution in [2.24, 2.45) is 0 Å². The summed E-state index contributed by atoms with van der Waals surface area (Å²) in [6.45, 7) is 12.6. The minimum Gasteiger partial charge on any atom is -0.478 e. The maximum atomic E-state index is 14.9. The van der Waals surface area contributed by atoms with E-state index in [1.807, 2.05) is 26.8 Å². The third-order valence-corrected chi connectivity index (χ3v) is 5.67. The number of nitrogens with zero attached hydrogens (tertiary/aromatic N) is 2. The average Bonchev–Trinajstić information content (AvgIpc) is 3.07. The molecule has 28 heavy (non-hydrogen) atoms. The molecule has 0 aliphatic heterocycles. The van der Waals surface area contributed by atoms with Crippen molar-refractivity contribution in [1.29, 1.82) is 0 Å². The molecule has 5 nitrogen and oxygen atoms in total. The van der Waals surface area contributed by atoms with Gasteiger partial charge in [0.05, 0.1) is 11.1 Å². The Bertz CT molecular complexity index is 1130. The lowest BCUT2D eigenvalue weighted by Gasteiger charge is -2.16. The van der Waals surface area contributed by atoms with Crippen LogP contribution in [0, 0.1) is 54.3 Å². The lowest BCUT2D eigenvalue weighted by molar-refractivity contribution is 0.0695.